The van der Waals surface area contributed by atoms with Gasteiger partial charge in [-0.05, 0) is 50.3 Å². The topological polar surface area (TPSA) is 60.9 Å². The second-order valence-corrected chi connectivity index (χ2v) is 11.3. The molecule has 0 aliphatic carbocycles. The summed E-state index contributed by atoms with van der Waals surface area (Å²) in [5.74, 6) is 0.118. The summed E-state index contributed by atoms with van der Waals surface area (Å²) < 4.78 is 27.8. The van der Waals surface area contributed by atoms with Crippen LogP contribution in [0.3, 0.4) is 0 Å². The van der Waals surface area contributed by atoms with Crippen LogP contribution >= 0.6 is 0 Å². The Bertz CT molecular complexity index is 1060. The second kappa shape index (κ2) is 10.4. The first-order valence-electron chi connectivity index (χ1n) is 12.0. The van der Waals surface area contributed by atoms with E-state index in [-0.39, 0.29) is 11.8 Å². The fraction of sp³-hybridized carbons (Fsp3) is 0.500. The molecule has 2 fully saturated rings. The minimum atomic E-state index is -3.52. The van der Waals surface area contributed by atoms with E-state index < -0.39 is 10.0 Å². The molecule has 4 rings (SSSR count). The Hall–Kier alpha value is -2.22. The first-order valence-corrected chi connectivity index (χ1v) is 13.4. The molecular weight excluding hydrogens is 434 g/mol. The lowest BCUT2D eigenvalue weighted by molar-refractivity contribution is -0.138. The fourth-order valence-electron chi connectivity index (χ4n) is 4.95. The van der Waals surface area contributed by atoms with E-state index in [2.05, 4.69) is 29.2 Å². The van der Waals surface area contributed by atoms with Crippen molar-refractivity contribution in [3.63, 3.8) is 0 Å². The molecule has 0 aromatic heterocycles. The maximum atomic E-state index is 13.1. The Morgan fingerprint density at radius 2 is 1.58 bits per heavy atom. The van der Waals surface area contributed by atoms with Gasteiger partial charge in [0.1, 0.15) is 0 Å². The van der Waals surface area contributed by atoms with Gasteiger partial charge in [-0.15, -0.1) is 0 Å². The van der Waals surface area contributed by atoms with Crippen LogP contribution in [0.15, 0.2) is 53.4 Å². The van der Waals surface area contributed by atoms with Crippen LogP contribution < -0.4 is 0 Å². The number of rotatable bonds is 6. The molecule has 0 saturated carbocycles. The molecule has 0 unspecified atom stereocenters. The Morgan fingerprint density at radius 3 is 2.21 bits per heavy atom. The predicted molar refractivity (Wildman–Crippen MR) is 131 cm³/mol. The summed E-state index contributed by atoms with van der Waals surface area (Å²) in [5, 5.41) is 0. The molecule has 0 radical (unpaired) electrons. The largest absolute Gasteiger partial charge is 0.340 e. The second-order valence-electron chi connectivity index (χ2n) is 9.35. The molecule has 0 N–H and O–H groups in total. The first-order chi connectivity index (χ1) is 15.8. The van der Waals surface area contributed by atoms with Gasteiger partial charge < -0.3 is 4.90 Å². The van der Waals surface area contributed by atoms with Crippen LogP contribution in [0.1, 0.15) is 29.5 Å². The molecule has 178 valence electrons. The van der Waals surface area contributed by atoms with Crippen LogP contribution in [0, 0.1) is 19.8 Å². The summed E-state index contributed by atoms with van der Waals surface area (Å²) in [6, 6.07) is 16.0. The monoisotopic (exact) mass is 469 g/mol. The number of aryl methyl sites for hydroxylation is 2. The number of carbonyl (C=O) groups is 1. The van der Waals surface area contributed by atoms with E-state index in [0.29, 0.717) is 30.8 Å². The number of benzene rings is 2. The summed E-state index contributed by atoms with van der Waals surface area (Å²) in [4.78, 5) is 17.9. The number of sulfonamides is 1. The molecule has 2 heterocycles. The Labute approximate surface area is 198 Å². The number of hydrogen-bond acceptors (Lipinski definition) is 4. The van der Waals surface area contributed by atoms with Crippen molar-refractivity contribution in [2.75, 3.05) is 45.8 Å². The molecule has 2 aromatic rings. The number of amides is 1. The lowest BCUT2D eigenvalue weighted by Gasteiger charge is -2.38. The van der Waals surface area contributed by atoms with Gasteiger partial charge in [0.2, 0.25) is 15.9 Å². The standard InChI is InChI=1S/C26H35N3O3S/c1-21-8-9-25(22(2)20-21)33(31,32)29-14-11-24(12-15-29)26(30)28-18-16-27(17-19-28)13-10-23-6-4-3-5-7-23/h3-9,20,24H,10-19H2,1-2H3. The van der Waals surface area contributed by atoms with E-state index in [4.69, 9.17) is 0 Å². The van der Waals surface area contributed by atoms with Crippen molar-refractivity contribution in [3.05, 3.63) is 65.2 Å². The Balaban J connectivity index is 1.26. The number of nitrogens with zero attached hydrogens (tertiary/aromatic N) is 3. The van der Waals surface area contributed by atoms with E-state index >= 15 is 0 Å². The van der Waals surface area contributed by atoms with Gasteiger partial charge in [0.15, 0.2) is 0 Å². The summed E-state index contributed by atoms with van der Waals surface area (Å²) in [7, 11) is -3.52. The summed E-state index contributed by atoms with van der Waals surface area (Å²) in [6.07, 6.45) is 2.22. The lowest BCUT2D eigenvalue weighted by Crippen LogP contribution is -2.52. The molecule has 2 aromatic carbocycles. The van der Waals surface area contributed by atoms with Gasteiger partial charge in [-0.3, -0.25) is 9.69 Å². The average molecular weight is 470 g/mol. The molecule has 2 saturated heterocycles. The van der Waals surface area contributed by atoms with Crippen molar-refractivity contribution in [1.29, 1.82) is 0 Å². The van der Waals surface area contributed by atoms with Crippen LogP contribution in [-0.2, 0) is 21.2 Å². The van der Waals surface area contributed by atoms with Crippen LogP contribution in [0.25, 0.3) is 0 Å². The van der Waals surface area contributed by atoms with Crippen molar-refractivity contribution in [3.8, 4) is 0 Å². The normalized spacial score (nSPS) is 19.0. The Morgan fingerprint density at radius 1 is 0.909 bits per heavy atom. The highest BCUT2D eigenvalue weighted by molar-refractivity contribution is 7.89. The summed E-state index contributed by atoms with van der Waals surface area (Å²) in [5.41, 5.74) is 3.17. The van der Waals surface area contributed by atoms with Crippen molar-refractivity contribution in [2.45, 2.75) is 38.0 Å². The number of piperazine rings is 1. The zero-order valence-corrected chi connectivity index (χ0v) is 20.6. The number of hydrogen-bond donors (Lipinski definition) is 0. The Kier molecular flexibility index (Phi) is 7.51. The molecule has 2 aliphatic heterocycles. The zero-order valence-electron chi connectivity index (χ0n) is 19.7. The predicted octanol–water partition coefficient (Wildman–Crippen LogP) is 3.09. The van der Waals surface area contributed by atoms with E-state index in [0.717, 1.165) is 50.3 Å². The summed E-state index contributed by atoms with van der Waals surface area (Å²) >= 11 is 0. The molecule has 0 atom stereocenters. The molecule has 0 spiro atoms. The highest BCUT2D eigenvalue weighted by Crippen LogP contribution is 2.27. The van der Waals surface area contributed by atoms with Gasteiger partial charge in [-0.25, -0.2) is 8.42 Å². The third kappa shape index (κ3) is 5.65. The molecular formula is C26H35N3O3S. The third-order valence-electron chi connectivity index (χ3n) is 6.99. The molecule has 1 amide bonds. The van der Waals surface area contributed by atoms with Crippen molar-refractivity contribution in [1.82, 2.24) is 14.1 Å². The molecule has 33 heavy (non-hydrogen) atoms. The number of piperidine rings is 1. The fourth-order valence-corrected chi connectivity index (χ4v) is 6.63. The SMILES string of the molecule is Cc1ccc(S(=O)(=O)N2CCC(C(=O)N3CCN(CCc4ccccc4)CC3)CC2)c(C)c1. The molecule has 2 aliphatic rings. The average Bonchev–Trinajstić information content (AvgIpc) is 2.83. The smallest absolute Gasteiger partial charge is 0.243 e. The molecule has 0 bridgehead atoms. The number of carbonyl (C=O) groups excluding carboxylic acids is 1. The highest BCUT2D eigenvalue weighted by Gasteiger charge is 2.35. The summed E-state index contributed by atoms with van der Waals surface area (Å²) in [6.45, 7) is 8.95. The quantitative estimate of drug-likeness (QED) is 0.652. The van der Waals surface area contributed by atoms with Crippen LogP contribution in [0.2, 0.25) is 0 Å². The van der Waals surface area contributed by atoms with E-state index in [1.54, 1.807) is 10.4 Å². The van der Waals surface area contributed by atoms with Crippen LogP contribution in [-0.4, -0.2) is 74.2 Å². The minimum absolute atomic E-state index is 0.0774. The van der Waals surface area contributed by atoms with Crippen molar-refractivity contribution in [2.24, 2.45) is 5.92 Å². The molecule has 7 heteroatoms. The lowest BCUT2D eigenvalue weighted by atomic mass is 9.96. The first kappa shape index (κ1) is 23.9. The van der Waals surface area contributed by atoms with Crippen molar-refractivity contribution >= 4 is 15.9 Å². The van der Waals surface area contributed by atoms with Gasteiger partial charge in [0.05, 0.1) is 4.90 Å². The maximum absolute atomic E-state index is 13.1. The maximum Gasteiger partial charge on any atom is 0.243 e. The minimum Gasteiger partial charge on any atom is -0.340 e. The van der Waals surface area contributed by atoms with Crippen LogP contribution in [0.5, 0.6) is 0 Å². The van der Waals surface area contributed by atoms with E-state index in [9.17, 15) is 13.2 Å². The highest BCUT2D eigenvalue weighted by atomic mass is 32.2. The van der Waals surface area contributed by atoms with Gasteiger partial charge in [-0.1, -0.05) is 48.0 Å². The zero-order chi connectivity index (χ0) is 23.4. The van der Waals surface area contributed by atoms with Gasteiger partial charge in [0.25, 0.3) is 0 Å². The van der Waals surface area contributed by atoms with E-state index in [1.165, 1.54) is 5.56 Å². The van der Waals surface area contributed by atoms with Crippen molar-refractivity contribution < 1.29 is 13.2 Å². The van der Waals surface area contributed by atoms with Gasteiger partial charge in [0, 0.05) is 51.7 Å². The molecule has 6 nitrogen and oxygen atoms in total. The van der Waals surface area contributed by atoms with Crippen LogP contribution in [0.4, 0.5) is 0 Å². The van der Waals surface area contributed by atoms with Gasteiger partial charge >= 0.3 is 0 Å². The van der Waals surface area contributed by atoms with E-state index in [1.807, 2.05) is 36.9 Å². The van der Waals surface area contributed by atoms with Gasteiger partial charge in [-0.2, -0.15) is 4.31 Å². The third-order valence-corrected chi connectivity index (χ3v) is 9.05.